The fourth-order valence-corrected chi connectivity index (χ4v) is 1.77. The quantitative estimate of drug-likeness (QED) is 0.875. The van der Waals surface area contributed by atoms with E-state index < -0.39 is 0 Å². The fourth-order valence-electron chi connectivity index (χ4n) is 1.37. The Labute approximate surface area is 109 Å². The molecule has 0 aliphatic rings. The maximum absolute atomic E-state index is 13.2. The van der Waals surface area contributed by atoms with Crippen LogP contribution in [-0.4, -0.2) is 18.5 Å². The molecule has 0 aliphatic carbocycles. The second kappa shape index (κ2) is 6.71. The Morgan fingerprint density at radius 2 is 2.18 bits per heavy atom. The molecular weight excluding hydrogens is 287 g/mol. The van der Waals surface area contributed by atoms with E-state index in [1.54, 1.807) is 12.1 Å². The standard InChI is InChI=1S/C12H16BrFN2O/c1-8(2)16-11(17)7-15-6-9-4-3-5-10(14)12(9)13/h3-5,8,15H,6-7H2,1-2H3,(H,16,17). The third-order valence-electron chi connectivity index (χ3n) is 2.08. The first-order valence-electron chi connectivity index (χ1n) is 5.43. The van der Waals surface area contributed by atoms with Crippen LogP contribution in [0.2, 0.25) is 0 Å². The van der Waals surface area contributed by atoms with E-state index in [1.807, 2.05) is 13.8 Å². The van der Waals surface area contributed by atoms with Gasteiger partial charge in [0.05, 0.1) is 11.0 Å². The molecule has 5 heteroatoms. The molecule has 0 heterocycles. The number of rotatable bonds is 5. The smallest absolute Gasteiger partial charge is 0.234 e. The normalized spacial score (nSPS) is 10.6. The second-order valence-electron chi connectivity index (χ2n) is 4.04. The van der Waals surface area contributed by atoms with Crippen molar-refractivity contribution in [2.75, 3.05) is 6.54 Å². The van der Waals surface area contributed by atoms with Gasteiger partial charge in [-0.1, -0.05) is 12.1 Å². The summed E-state index contributed by atoms with van der Waals surface area (Å²) < 4.78 is 13.6. The fraction of sp³-hybridized carbons (Fsp3) is 0.417. The van der Waals surface area contributed by atoms with Crippen LogP contribution in [0, 0.1) is 5.82 Å². The van der Waals surface area contributed by atoms with Gasteiger partial charge in [-0.2, -0.15) is 0 Å². The molecule has 0 radical (unpaired) electrons. The summed E-state index contributed by atoms with van der Waals surface area (Å²) in [6, 6.07) is 4.97. The zero-order valence-corrected chi connectivity index (χ0v) is 11.5. The van der Waals surface area contributed by atoms with Gasteiger partial charge in [0.2, 0.25) is 5.91 Å². The third kappa shape index (κ3) is 4.83. The highest BCUT2D eigenvalue weighted by molar-refractivity contribution is 9.10. The van der Waals surface area contributed by atoms with Gasteiger partial charge in [0.1, 0.15) is 5.82 Å². The van der Waals surface area contributed by atoms with Gasteiger partial charge in [-0.05, 0) is 41.4 Å². The van der Waals surface area contributed by atoms with Gasteiger partial charge in [-0.25, -0.2) is 4.39 Å². The predicted molar refractivity (Wildman–Crippen MR) is 69.1 cm³/mol. The van der Waals surface area contributed by atoms with Crippen molar-refractivity contribution in [2.24, 2.45) is 0 Å². The summed E-state index contributed by atoms with van der Waals surface area (Å²) in [5.74, 6) is -0.358. The molecule has 1 rings (SSSR count). The minimum absolute atomic E-state index is 0.0625. The maximum Gasteiger partial charge on any atom is 0.234 e. The van der Waals surface area contributed by atoms with Gasteiger partial charge < -0.3 is 10.6 Å². The lowest BCUT2D eigenvalue weighted by molar-refractivity contribution is -0.120. The molecule has 17 heavy (non-hydrogen) atoms. The predicted octanol–water partition coefficient (Wildman–Crippen LogP) is 2.20. The van der Waals surface area contributed by atoms with E-state index in [0.717, 1.165) is 5.56 Å². The Morgan fingerprint density at radius 1 is 1.47 bits per heavy atom. The summed E-state index contributed by atoms with van der Waals surface area (Å²) in [5.41, 5.74) is 0.794. The highest BCUT2D eigenvalue weighted by Gasteiger charge is 2.06. The molecule has 0 saturated carbocycles. The molecule has 0 aromatic heterocycles. The minimum atomic E-state index is -0.295. The number of hydrogen-bond acceptors (Lipinski definition) is 2. The number of amides is 1. The summed E-state index contributed by atoms with van der Waals surface area (Å²) in [7, 11) is 0. The Bertz CT molecular complexity index is 396. The molecule has 0 saturated heterocycles. The van der Waals surface area contributed by atoms with E-state index in [4.69, 9.17) is 0 Å². The first-order chi connectivity index (χ1) is 8.00. The molecule has 1 aromatic rings. The highest BCUT2D eigenvalue weighted by atomic mass is 79.9. The van der Waals surface area contributed by atoms with Crippen molar-refractivity contribution in [3.8, 4) is 0 Å². The van der Waals surface area contributed by atoms with Crippen molar-refractivity contribution in [3.05, 3.63) is 34.1 Å². The van der Waals surface area contributed by atoms with E-state index in [-0.39, 0.29) is 24.3 Å². The lowest BCUT2D eigenvalue weighted by Crippen LogP contribution is -2.37. The number of hydrogen-bond donors (Lipinski definition) is 2. The van der Waals surface area contributed by atoms with E-state index in [1.165, 1.54) is 6.07 Å². The summed E-state index contributed by atoms with van der Waals surface area (Å²) in [6.07, 6.45) is 0. The maximum atomic E-state index is 13.2. The molecule has 0 aliphatic heterocycles. The van der Waals surface area contributed by atoms with E-state index >= 15 is 0 Å². The molecule has 2 N–H and O–H groups in total. The highest BCUT2D eigenvalue weighted by Crippen LogP contribution is 2.19. The summed E-state index contributed by atoms with van der Waals surface area (Å²) in [5, 5.41) is 5.73. The van der Waals surface area contributed by atoms with Gasteiger partial charge in [0.25, 0.3) is 0 Å². The molecule has 94 valence electrons. The van der Waals surface area contributed by atoms with Crippen LogP contribution in [0.3, 0.4) is 0 Å². The largest absolute Gasteiger partial charge is 0.353 e. The number of carbonyl (C=O) groups excluding carboxylic acids is 1. The third-order valence-corrected chi connectivity index (χ3v) is 2.97. The van der Waals surface area contributed by atoms with E-state index in [0.29, 0.717) is 11.0 Å². The second-order valence-corrected chi connectivity index (χ2v) is 4.83. The van der Waals surface area contributed by atoms with Crippen molar-refractivity contribution < 1.29 is 9.18 Å². The van der Waals surface area contributed by atoms with E-state index in [9.17, 15) is 9.18 Å². The topological polar surface area (TPSA) is 41.1 Å². The van der Waals surface area contributed by atoms with Gasteiger partial charge in [0, 0.05) is 12.6 Å². The summed E-state index contributed by atoms with van der Waals surface area (Å²) >= 11 is 3.17. The Hall–Kier alpha value is -0.940. The van der Waals surface area contributed by atoms with Crippen LogP contribution < -0.4 is 10.6 Å². The first-order valence-corrected chi connectivity index (χ1v) is 6.23. The minimum Gasteiger partial charge on any atom is -0.353 e. The molecule has 0 fully saturated rings. The zero-order valence-electron chi connectivity index (χ0n) is 9.89. The van der Waals surface area contributed by atoms with Crippen LogP contribution in [0.15, 0.2) is 22.7 Å². The van der Waals surface area contributed by atoms with Crippen molar-refractivity contribution in [2.45, 2.75) is 26.4 Å². The molecular formula is C12H16BrFN2O. The average Bonchev–Trinajstić information content (AvgIpc) is 2.23. The molecule has 1 amide bonds. The van der Waals surface area contributed by atoms with Gasteiger partial charge >= 0.3 is 0 Å². The molecule has 0 unspecified atom stereocenters. The van der Waals surface area contributed by atoms with Crippen molar-refractivity contribution in [1.82, 2.24) is 10.6 Å². The number of carbonyl (C=O) groups is 1. The van der Waals surface area contributed by atoms with Crippen molar-refractivity contribution in [3.63, 3.8) is 0 Å². The SMILES string of the molecule is CC(C)NC(=O)CNCc1cccc(F)c1Br. The van der Waals surface area contributed by atoms with Crippen LogP contribution in [0.25, 0.3) is 0 Å². The van der Waals surface area contributed by atoms with Crippen LogP contribution >= 0.6 is 15.9 Å². The first kappa shape index (κ1) is 14.1. The van der Waals surface area contributed by atoms with Gasteiger partial charge in [-0.3, -0.25) is 4.79 Å². The Morgan fingerprint density at radius 3 is 2.82 bits per heavy atom. The van der Waals surface area contributed by atoms with Gasteiger partial charge in [-0.15, -0.1) is 0 Å². The molecule has 3 nitrogen and oxygen atoms in total. The summed E-state index contributed by atoms with van der Waals surface area (Å²) in [4.78, 5) is 11.3. The van der Waals surface area contributed by atoms with Crippen LogP contribution in [0.4, 0.5) is 4.39 Å². The summed E-state index contributed by atoms with van der Waals surface area (Å²) in [6.45, 7) is 4.48. The number of nitrogens with one attached hydrogen (secondary N) is 2. The Balaban J connectivity index is 2.41. The zero-order chi connectivity index (χ0) is 12.8. The number of benzene rings is 1. The lowest BCUT2D eigenvalue weighted by atomic mass is 10.2. The lowest BCUT2D eigenvalue weighted by Gasteiger charge is -2.10. The van der Waals surface area contributed by atoms with E-state index in [2.05, 4.69) is 26.6 Å². The number of halogens is 2. The molecule has 1 aromatic carbocycles. The van der Waals surface area contributed by atoms with Crippen molar-refractivity contribution in [1.29, 1.82) is 0 Å². The van der Waals surface area contributed by atoms with Gasteiger partial charge in [0.15, 0.2) is 0 Å². The molecule has 0 bridgehead atoms. The van der Waals surface area contributed by atoms with Crippen LogP contribution in [0.5, 0.6) is 0 Å². The van der Waals surface area contributed by atoms with Crippen molar-refractivity contribution >= 4 is 21.8 Å². The average molecular weight is 303 g/mol. The van der Waals surface area contributed by atoms with Crippen LogP contribution in [-0.2, 0) is 11.3 Å². The Kier molecular flexibility index (Phi) is 5.58. The molecule has 0 atom stereocenters. The monoisotopic (exact) mass is 302 g/mol. The van der Waals surface area contributed by atoms with Crippen LogP contribution in [0.1, 0.15) is 19.4 Å². The molecule has 0 spiro atoms.